The lowest BCUT2D eigenvalue weighted by Crippen LogP contribution is -2.14. The van der Waals surface area contributed by atoms with Gasteiger partial charge in [-0.05, 0) is 26.0 Å². The van der Waals surface area contributed by atoms with Crippen molar-refractivity contribution in [3.05, 3.63) is 64.3 Å². The Labute approximate surface area is 115 Å². The first-order chi connectivity index (χ1) is 9.65. The summed E-state index contributed by atoms with van der Waals surface area (Å²) in [4.78, 5) is 19.0. The van der Waals surface area contributed by atoms with Crippen molar-refractivity contribution >= 4 is 0 Å². The molecule has 1 N–H and O–H groups in total. The number of nitrogens with one attached hydrogen (secondary N) is 1. The predicted molar refractivity (Wildman–Crippen MR) is 76.9 cm³/mol. The topological polar surface area (TPSA) is 63.6 Å². The third-order valence-corrected chi connectivity index (χ3v) is 3.27. The highest BCUT2D eigenvalue weighted by molar-refractivity contribution is 5.53. The van der Waals surface area contributed by atoms with E-state index < -0.39 is 0 Å². The number of hydrogen-bond donors (Lipinski definition) is 1. The lowest BCUT2D eigenvalue weighted by molar-refractivity contribution is 0.880. The van der Waals surface area contributed by atoms with Crippen LogP contribution in [0.15, 0.2) is 47.5 Å². The van der Waals surface area contributed by atoms with Crippen molar-refractivity contribution < 1.29 is 0 Å². The number of hydrogen-bond acceptors (Lipinski definition) is 3. The van der Waals surface area contributed by atoms with Crippen molar-refractivity contribution in [2.75, 3.05) is 0 Å². The van der Waals surface area contributed by atoms with E-state index in [0.717, 1.165) is 16.9 Å². The summed E-state index contributed by atoms with van der Waals surface area (Å²) in [6.07, 6.45) is 3.54. The van der Waals surface area contributed by atoms with Crippen molar-refractivity contribution in [2.45, 2.75) is 13.8 Å². The first-order valence-electron chi connectivity index (χ1n) is 6.33. The molecule has 0 aliphatic carbocycles. The van der Waals surface area contributed by atoms with Gasteiger partial charge in [0.25, 0.3) is 5.56 Å². The molecule has 3 aromatic rings. The molecule has 2 aromatic heterocycles. The second-order valence-electron chi connectivity index (χ2n) is 4.63. The molecule has 0 aliphatic rings. The number of rotatable bonds is 2. The van der Waals surface area contributed by atoms with Crippen LogP contribution in [-0.2, 0) is 0 Å². The summed E-state index contributed by atoms with van der Waals surface area (Å²) in [5.74, 6) is 0.542. The van der Waals surface area contributed by atoms with Crippen LogP contribution in [0.2, 0.25) is 0 Å². The van der Waals surface area contributed by atoms with Crippen LogP contribution in [0, 0.1) is 13.8 Å². The average Bonchev–Trinajstić information content (AvgIpc) is 2.95. The summed E-state index contributed by atoms with van der Waals surface area (Å²) in [6, 6.07) is 9.79. The smallest absolute Gasteiger partial charge is 0.254 e. The Hall–Kier alpha value is -2.69. The van der Waals surface area contributed by atoms with Crippen LogP contribution < -0.4 is 5.56 Å². The maximum atomic E-state index is 11.8. The number of nitrogens with zero attached hydrogens (tertiary/aromatic N) is 3. The maximum absolute atomic E-state index is 11.8. The van der Waals surface area contributed by atoms with E-state index in [0.29, 0.717) is 11.4 Å². The first kappa shape index (κ1) is 12.3. The molecule has 20 heavy (non-hydrogen) atoms. The van der Waals surface area contributed by atoms with Gasteiger partial charge in [-0.1, -0.05) is 18.2 Å². The Kier molecular flexibility index (Phi) is 2.95. The Morgan fingerprint density at radius 2 is 1.90 bits per heavy atom. The SMILES string of the molecule is Cc1nc(-c2cnn(-c3ccccc3)c2)[nH]c(=O)c1C. The Balaban J connectivity index is 2.05. The van der Waals surface area contributed by atoms with Crippen molar-refractivity contribution in [1.82, 2.24) is 19.7 Å². The standard InChI is InChI=1S/C15H14N4O/c1-10-11(2)17-14(18-15(10)20)12-8-16-19(9-12)13-6-4-3-5-7-13/h3-9H,1-2H3,(H,17,18,20). The van der Waals surface area contributed by atoms with Gasteiger partial charge >= 0.3 is 0 Å². The second kappa shape index (κ2) is 4.77. The molecule has 0 bridgehead atoms. The summed E-state index contributed by atoms with van der Waals surface area (Å²) in [6.45, 7) is 3.59. The molecule has 1 aromatic carbocycles. The Bertz CT molecular complexity index is 802. The molecular formula is C15H14N4O. The van der Waals surface area contributed by atoms with Crippen LogP contribution >= 0.6 is 0 Å². The second-order valence-corrected chi connectivity index (χ2v) is 4.63. The maximum Gasteiger partial charge on any atom is 0.254 e. The molecule has 0 saturated carbocycles. The molecule has 0 radical (unpaired) electrons. The third-order valence-electron chi connectivity index (χ3n) is 3.27. The molecule has 2 heterocycles. The normalized spacial score (nSPS) is 10.7. The number of aromatic nitrogens is 4. The largest absolute Gasteiger partial charge is 0.306 e. The molecule has 5 heteroatoms. The van der Waals surface area contributed by atoms with Crippen LogP contribution in [0.5, 0.6) is 0 Å². The molecule has 0 spiro atoms. The molecule has 0 unspecified atom stereocenters. The van der Waals surface area contributed by atoms with E-state index in [1.54, 1.807) is 17.8 Å². The number of aryl methyl sites for hydroxylation is 1. The lowest BCUT2D eigenvalue weighted by atomic mass is 10.2. The van der Waals surface area contributed by atoms with Crippen molar-refractivity contribution in [1.29, 1.82) is 0 Å². The van der Waals surface area contributed by atoms with Crippen LogP contribution in [0.1, 0.15) is 11.3 Å². The van der Waals surface area contributed by atoms with Crippen LogP contribution in [0.3, 0.4) is 0 Å². The van der Waals surface area contributed by atoms with Gasteiger partial charge in [0, 0.05) is 17.5 Å². The van der Waals surface area contributed by atoms with Crippen LogP contribution in [-0.4, -0.2) is 19.7 Å². The monoisotopic (exact) mass is 266 g/mol. The molecule has 0 amide bonds. The van der Waals surface area contributed by atoms with Gasteiger partial charge in [-0.25, -0.2) is 9.67 Å². The molecular weight excluding hydrogens is 252 g/mol. The van der Waals surface area contributed by atoms with Gasteiger partial charge in [0.2, 0.25) is 0 Å². The molecule has 5 nitrogen and oxygen atoms in total. The minimum atomic E-state index is -0.111. The highest BCUT2D eigenvalue weighted by atomic mass is 16.1. The lowest BCUT2D eigenvalue weighted by Gasteiger charge is -2.02. The average molecular weight is 266 g/mol. The summed E-state index contributed by atoms with van der Waals surface area (Å²) >= 11 is 0. The number of benzene rings is 1. The van der Waals surface area contributed by atoms with Crippen LogP contribution in [0.25, 0.3) is 17.1 Å². The molecule has 0 aliphatic heterocycles. The first-order valence-corrected chi connectivity index (χ1v) is 6.33. The fourth-order valence-electron chi connectivity index (χ4n) is 1.95. The summed E-state index contributed by atoms with van der Waals surface area (Å²) < 4.78 is 1.75. The van der Waals surface area contributed by atoms with E-state index in [9.17, 15) is 4.79 Å². The van der Waals surface area contributed by atoms with Gasteiger partial charge in [0.15, 0.2) is 0 Å². The van der Waals surface area contributed by atoms with Gasteiger partial charge in [-0.15, -0.1) is 0 Å². The van der Waals surface area contributed by atoms with Gasteiger partial charge in [0.1, 0.15) is 5.82 Å². The van der Waals surface area contributed by atoms with Gasteiger partial charge in [-0.3, -0.25) is 4.79 Å². The minimum absolute atomic E-state index is 0.111. The Morgan fingerprint density at radius 3 is 2.60 bits per heavy atom. The van der Waals surface area contributed by atoms with Crippen molar-refractivity contribution in [3.63, 3.8) is 0 Å². The number of para-hydroxylation sites is 1. The van der Waals surface area contributed by atoms with Crippen molar-refractivity contribution in [3.8, 4) is 17.1 Å². The molecule has 0 saturated heterocycles. The summed E-state index contributed by atoms with van der Waals surface area (Å²) in [7, 11) is 0. The summed E-state index contributed by atoms with van der Waals surface area (Å²) in [5, 5.41) is 4.30. The highest BCUT2D eigenvalue weighted by Gasteiger charge is 2.08. The predicted octanol–water partition coefficient (Wildman–Crippen LogP) is 2.24. The van der Waals surface area contributed by atoms with Gasteiger partial charge in [0.05, 0.1) is 17.4 Å². The molecule has 0 atom stereocenters. The fourth-order valence-corrected chi connectivity index (χ4v) is 1.95. The van der Waals surface area contributed by atoms with E-state index in [1.165, 1.54) is 0 Å². The van der Waals surface area contributed by atoms with Gasteiger partial charge < -0.3 is 4.98 Å². The van der Waals surface area contributed by atoms with E-state index >= 15 is 0 Å². The zero-order chi connectivity index (χ0) is 14.1. The highest BCUT2D eigenvalue weighted by Crippen LogP contribution is 2.16. The van der Waals surface area contributed by atoms with E-state index in [-0.39, 0.29) is 5.56 Å². The number of H-pyrrole nitrogens is 1. The molecule has 100 valence electrons. The fraction of sp³-hybridized carbons (Fsp3) is 0.133. The van der Waals surface area contributed by atoms with Crippen molar-refractivity contribution in [2.24, 2.45) is 0 Å². The molecule has 3 rings (SSSR count). The Morgan fingerprint density at radius 1 is 1.15 bits per heavy atom. The minimum Gasteiger partial charge on any atom is -0.306 e. The third kappa shape index (κ3) is 2.14. The quantitative estimate of drug-likeness (QED) is 0.773. The van der Waals surface area contributed by atoms with Crippen LogP contribution in [0.4, 0.5) is 0 Å². The van der Waals surface area contributed by atoms with E-state index in [2.05, 4.69) is 15.1 Å². The number of aromatic amines is 1. The van der Waals surface area contributed by atoms with E-state index in [4.69, 9.17) is 0 Å². The zero-order valence-electron chi connectivity index (χ0n) is 11.3. The zero-order valence-corrected chi connectivity index (χ0v) is 11.3. The van der Waals surface area contributed by atoms with E-state index in [1.807, 2.05) is 43.5 Å². The molecule has 0 fully saturated rings. The summed E-state index contributed by atoms with van der Waals surface area (Å²) in [5.41, 5.74) is 3.01. The van der Waals surface area contributed by atoms with Gasteiger partial charge in [-0.2, -0.15) is 5.10 Å².